The molecule has 13 heavy (non-hydrogen) atoms. The Morgan fingerprint density at radius 3 is 3.00 bits per heavy atom. The topological polar surface area (TPSA) is 85.2 Å². The van der Waals surface area contributed by atoms with Gasteiger partial charge in [-0.15, -0.1) is 0 Å². The Balaban J connectivity index is 2.53. The van der Waals surface area contributed by atoms with Crippen LogP contribution in [0.2, 0.25) is 0 Å². The number of aliphatic hydroxyl groups excluding tert-OH is 1. The summed E-state index contributed by atoms with van der Waals surface area (Å²) in [7, 11) is 0. The SMILES string of the molecule is CCCCc1noc([C@@H](O)CN)n1. The molecule has 5 nitrogen and oxygen atoms in total. The summed E-state index contributed by atoms with van der Waals surface area (Å²) in [6.45, 7) is 2.20. The monoisotopic (exact) mass is 185 g/mol. The molecule has 0 spiro atoms. The Kier molecular flexibility index (Phi) is 3.85. The molecule has 1 aromatic rings. The van der Waals surface area contributed by atoms with Crippen LogP contribution in [0.3, 0.4) is 0 Å². The number of aromatic nitrogens is 2. The lowest BCUT2D eigenvalue weighted by molar-refractivity contribution is 0.141. The first kappa shape index (κ1) is 10.1. The zero-order chi connectivity index (χ0) is 9.68. The molecule has 5 heteroatoms. The van der Waals surface area contributed by atoms with Crippen LogP contribution >= 0.6 is 0 Å². The first-order valence-corrected chi connectivity index (χ1v) is 4.48. The summed E-state index contributed by atoms with van der Waals surface area (Å²) in [5.74, 6) is 0.859. The van der Waals surface area contributed by atoms with Gasteiger partial charge in [0, 0.05) is 13.0 Å². The van der Waals surface area contributed by atoms with Crippen LogP contribution in [0.4, 0.5) is 0 Å². The quantitative estimate of drug-likeness (QED) is 0.693. The second-order valence-corrected chi connectivity index (χ2v) is 2.90. The summed E-state index contributed by atoms with van der Waals surface area (Å²) in [4.78, 5) is 4.01. The van der Waals surface area contributed by atoms with Crippen molar-refractivity contribution < 1.29 is 9.63 Å². The van der Waals surface area contributed by atoms with E-state index in [4.69, 9.17) is 10.3 Å². The van der Waals surface area contributed by atoms with E-state index in [9.17, 15) is 5.11 Å². The van der Waals surface area contributed by atoms with Gasteiger partial charge in [0.15, 0.2) is 5.82 Å². The van der Waals surface area contributed by atoms with Crippen LogP contribution in [0, 0.1) is 0 Å². The molecule has 0 aliphatic rings. The average molecular weight is 185 g/mol. The van der Waals surface area contributed by atoms with Crippen LogP contribution in [-0.2, 0) is 6.42 Å². The molecular weight excluding hydrogens is 170 g/mol. The number of rotatable bonds is 5. The van der Waals surface area contributed by atoms with E-state index in [1.807, 2.05) is 0 Å². The third-order valence-corrected chi connectivity index (χ3v) is 1.75. The standard InChI is InChI=1S/C8H15N3O2/c1-2-3-4-7-10-8(13-11-7)6(12)5-9/h6,12H,2-5,9H2,1H3/t6-/m0/s1. The van der Waals surface area contributed by atoms with Crippen LogP contribution in [0.1, 0.15) is 37.6 Å². The van der Waals surface area contributed by atoms with Crippen molar-refractivity contribution in [2.45, 2.75) is 32.3 Å². The molecule has 0 bridgehead atoms. The third-order valence-electron chi connectivity index (χ3n) is 1.75. The maximum absolute atomic E-state index is 9.25. The van der Waals surface area contributed by atoms with Crippen molar-refractivity contribution in [3.8, 4) is 0 Å². The van der Waals surface area contributed by atoms with Crippen molar-refractivity contribution in [2.24, 2.45) is 5.73 Å². The van der Waals surface area contributed by atoms with Crippen molar-refractivity contribution in [1.29, 1.82) is 0 Å². The zero-order valence-electron chi connectivity index (χ0n) is 7.73. The number of hydrogen-bond acceptors (Lipinski definition) is 5. The molecule has 0 saturated heterocycles. The fourth-order valence-electron chi connectivity index (χ4n) is 0.940. The Hall–Kier alpha value is -0.940. The Morgan fingerprint density at radius 2 is 2.38 bits per heavy atom. The van der Waals surface area contributed by atoms with Gasteiger partial charge < -0.3 is 15.4 Å². The number of nitrogens with two attached hydrogens (primary N) is 1. The smallest absolute Gasteiger partial charge is 0.256 e. The van der Waals surface area contributed by atoms with Gasteiger partial charge in [0.1, 0.15) is 6.10 Å². The summed E-state index contributed by atoms with van der Waals surface area (Å²) < 4.78 is 4.82. The summed E-state index contributed by atoms with van der Waals surface area (Å²) in [6.07, 6.45) is 2.07. The first-order valence-electron chi connectivity index (χ1n) is 4.48. The molecule has 0 fully saturated rings. The Bertz CT molecular complexity index is 249. The van der Waals surface area contributed by atoms with E-state index < -0.39 is 6.10 Å². The average Bonchev–Trinajstić information content (AvgIpc) is 2.62. The summed E-state index contributed by atoms with van der Waals surface area (Å²) in [5.41, 5.74) is 5.24. The zero-order valence-corrected chi connectivity index (χ0v) is 7.73. The van der Waals surface area contributed by atoms with Gasteiger partial charge in [0.05, 0.1) is 0 Å². The van der Waals surface area contributed by atoms with E-state index >= 15 is 0 Å². The van der Waals surface area contributed by atoms with Crippen molar-refractivity contribution in [3.63, 3.8) is 0 Å². The maximum atomic E-state index is 9.25. The molecule has 0 unspecified atom stereocenters. The Labute approximate surface area is 76.9 Å². The van der Waals surface area contributed by atoms with Gasteiger partial charge in [-0.2, -0.15) is 4.98 Å². The van der Waals surface area contributed by atoms with Crippen LogP contribution in [-0.4, -0.2) is 21.8 Å². The Morgan fingerprint density at radius 1 is 1.62 bits per heavy atom. The van der Waals surface area contributed by atoms with Crippen molar-refractivity contribution in [3.05, 3.63) is 11.7 Å². The molecule has 74 valence electrons. The van der Waals surface area contributed by atoms with E-state index in [1.165, 1.54) is 0 Å². The number of unbranched alkanes of at least 4 members (excludes halogenated alkanes) is 1. The predicted octanol–water partition coefficient (Wildman–Crippen LogP) is 0.404. The molecular formula is C8H15N3O2. The van der Waals surface area contributed by atoms with E-state index in [0.717, 1.165) is 19.3 Å². The molecule has 0 saturated carbocycles. The number of aliphatic hydroxyl groups is 1. The second kappa shape index (κ2) is 4.94. The van der Waals surface area contributed by atoms with E-state index in [0.29, 0.717) is 5.82 Å². The molecule has 0 radical (unpaired) electrons. The van der Waals surface area contributed by atoms with E-state index in [2.05, 4.69) is 17.1 Å². The van der Waals surface area contributed by atoms with Crippen LogP contribution in [0.15, 0.2) is 4.52 Å². The summed E-state index contributed by atoms with van der Waals surface area (Å²) in [6, 6.07) is 0. The van der Waals surface area contributed by atoms with Gasteiger partial charge in [0.2, 0.25) is 0 Å². The highest BCUT2D eigenvalue weighted by molar-refractivity contribution is 4.90. The normalized spacial score (nSPS) is 13.2. The highest BCUT2D eigenvalue weighted by Gasteiger charge is 2.13. The fraction of sp³-hybridized carbons (Fsp3) is 0.750. The molecule has 3 N–H and O–H groups in total. The van der Waals surface area contributed by atoms with E-state index in [1.54, 1.807) is 0 Å². The van der Waals surface area contributed by atoms with Crippen molar-refractivity contribution in [1.82, 2.24) is 10.1 Å². The van der Waals surface area contributed by atoms with Gasteiger partial charge in [-0.3, -0.25) is 0 Å². The van der Waals surface area contributed by atoms with E-state index in [-0.39, 0.29) is 12.4 Å². The third kappa shape index (κ3) is 2.78. The maximum Gasteiger partial charge on any atom is 0.256 e. The summed E-state index contributed by atoms with van der Waals surface area (Å²) >= 11 is 0. The van der Waals surface area contributed by atoms with Crippen LogP contribution in [0.25, 0.3) is 0 Å². The lowest BCUT2D eigenvalue weighted by Crippen LogP contribution is -2.11. The lowest BCUT2D eigenvalue weighted by atomic mass is 10.2. The predicted molar refractivity (Wildman–Crippen MR) is 46.9 cm³/mol. The lowest BCUT2D eigenvalue weighted by Gasteiger charge is -1.97. The molecule has 1 aromatic heterocycles. The minimum Gasteiger partial charge on any atom is -0.382 e. The molecule has 0 aliphatic carbocycles. The number of hydrogen-bond donors (Lipinski definition) is 2. The summed E-state index contributed by atoms with van der Waals surface area (Å²) in [5, 5.41) is 13.0. The van der Waals surface area contributed by atoms with Crippen LogP contribution < -0.4 is 5.73 Å². The minimum atomic E-state index is -0.831. The molecule has 0 aliphatic heterocycles. The van der Waals surface area contributed by atoms with Crippen molar-refractivity contribution in [2.75, 3.05) is 6.54 Å². The molecule has 0 amide bonds. The van der Waals surface area contributed by atoms with Crippen molar-refractivity contribution >= 4 is 0 Å². The largest absolute Gasteiger partial charge is 0.382 e. The second-order valence-electron chi connectivity index (χ2n) is 2.90. The minimum absolute atomic E-state index is 0.107. The number of aryl methyl sites for hydroxylation is 1. The highest BCUT2D eigenvalue weighted by Crippen LogP contribution is 2.09. The van der Waals surface area contributed by atoms with Gasteiger partial charge in [0.25, 0.3) is 5.89 Å². The first-order chi connectivity index (χ1) is 6.27. The highest BCUT2D eigenvalue weighted by atomic mass is 16.5. The molecule has 0 aromatic carbocycles. The van der Waals surface area contributed by atoms with Gasteiger partial charge in [-0.1, -0.05) is 18.5 Å². The van der Waals surface area contributed by atoms with Crippen LogP contribution in [0.5, 0.6) is 0 Å². The fourth-order valence-corrected chi connectivity index (χ4v) is 0.940. The number of nitrogens with zero attached hydrogens (tertiary/aromatic N) is 2. The molecule has 1 heterocycles. The molecule has 1 rings (SSSR count). The van der Waals surface area contributed by atoms with Gasteiger partial charge in [-0.25, -0.2) is 0 Å². The van der Waals surface area contributed by atoms with Gasteiger partial charge in [-0.05, 0) is 6.42 Å². The molecule has 1 atom stereocenters. The van der Waals surface area contributed by atoms with Gasteiger partial charge >= 0.3 is 0 Å².